The molecule has 0 aliphatic carbocycles. The van der Waals surface area contributed by atoms with Gasteiger partial charge in [-0.15, -0.1) is 11.8 Å². The number of hydrogen-bond acceptors (Lipinski definition) is 4. The largest absolute Gasteiger partial charge is 0.370 e. The summed E-state index contributed by atoms with van der Waals surface area (Å²) < 4.78 is 1.85. The monoisotopic (exact) mass is 409 g/mol. The molecular formula is C21H23N5O2S. The molecule has 0 radical (unpaired) electrons. The minimum atomic E-state index is -0.338. The van der Waals surface area contributed by atoms with Crippen LogP contribution in [0, 0.1) is 0 Å². The lowest BCUT2D eigenvalue weighted by molar-refractivity contribution is -0.117. The summed E-state index contributed by atoms with van der Waals surface area (Å²) in [6.07, 6.45) is 3.94. The van der Waals surface area contributed by atoms with Gasteiger partial charge in [0.15, 0.2) is 0 Å². The van der Waals surface area contributed by atoms with E-state index in [2.05, 4.69) is 15.7 Å². The normalized spacial score (nSPS) is 10.5. The van der Waals surface area contributed by atoms with Crippen LogP contribution in [0.3, 0.4) is 0 Å². The van der Waals surface area contributed by atoms with Crippen molar-refractivity contribution in [3.05, 3.63) is 78.1 Å². The van der Waals surface area contributed by atoms with Crippen molar-refractivity contribution >= 4 is 29.4 Å². The topological polar surface area (TPSA) is 102 Å². The highest BCUT2D eigenvalue weighted by Gasteiger charge is 2.09. The zero-order chi connectivity index (χ0) is 20.5. The van der Waals surface area contributed by atoms with E-state index in [1.54, 1.807) is 6.20 Å². The van der Waals surface area contributed by atoms with Gasteiger partial charge in [0.25, 0.3) is 0 Å². The van der Waals surface area contributed by atoms with Gasteiger partial charge in [-0.25, -0.2) is 4.79 Å². The van der Waals surface area contributed by atoms with Gasteiger partial charge in [-0.3, -0.25) is 9.48 Å². The highest BCUT2D eigenvalue weighted by molar-refractivity contribution is 7.99. The number of benzene rings is 2. The molecule has 1 heterocycles. The second kappa shape index (κ2) is 10.3. The van der Waals surface area contributed by atoms with Crippen molar-refractivity contribution in [3.8, 4) is 0 Å². The molecule has 8 heteroatoms. The fraction of sp³-hybridized carbons (Fsp3) is 0.190. The van der Waals surface area contributed by atoms with Crippen LogP contribution in [0.15, 0.2) is 71.9 Å². The summed E-state index contributed by atoms with van der Waals surface area (Å²) in [7, 11) is 0. The number of hydrogen-bond donors (Lipinski definition) is 3. The van der Waals surface area contributed by atoms with Gasteiger partial charge in [-0.05, 0) is 29.3 Å². The number of anilines is 1. The predicted octanol–water partition coefficient (Wildman–Crippen LogP) is 3.22. The third-order valence-electron chi connectivity index (χ3n) is 4.19. The molecule has 1 aromatic heterocycles. The first kappa shape index (κ1) is 20.5. The summed E-state index contributed by atoms with van der Waals surface area (Å²) >= 11 is 1.48. The Kier molecular flexibility index (Phi) is 7.29. The number of amides is 3. The first-order valence-electron chi connectivity index (χ1n) is 9.21. The van der Waals surface area contributed by atoms with E-state index in [9.17, 15) is 9.59 Å². The first-order valence-corrected chi connectivity index (χ1v) is 10.2. The smallest absolute Gasteiger partial charge is 0.319 e. The zero-order valence-corrected chi connectivity index (χ0v) is 16.7. The number of para-hydroxylation sites is 1. The first-order chi connectivity index (χ1) is 14.1. The SMILES string of the molecule is NC(=O)CCSc1ccccc1NC(=O)NCc1ccccc1Cn1cccn1. The number of nitrogens with two attached hydrogens (primary N) is 1. The number of nitrogens with one attached hydrogen (secondary N) is 2. The molecule has 2 aromatic carbocycles. The van der Waals surface area contributed by atoms with E-state index in [0.717, 1.165) is 16.0 Å². The molecule has 0 bridgehead atoms. The molecule has 3 aromatic rings. The molecule has 0 spiro atoms. The van der Waals surface area contributed by atoms with Gasteiger partial charge in [0.2, 0.25) is 5.91 Å². The quantitative estimate of drug-likeness (QED) is 0.472. The second-order valence-electron chi connectivity index (χ2n) is 6.34. The van der Waals surface area contributed by atoms with Crippen molar-refractivity contribution in [3.63, 3.8) is 0 Å². The van der Waals surface area contributed by atoms with Gasteiger partial charge in [0.05, 0.1) is 12.2 Å². The van der Waals surface area contributed by atoms with Crippen molar-refractivity contribution in [1.82, 2.24) is 15.1 Å². The maximum Gasteiger partial charge on any atom is 0.319 e. The Morgan fingerprint density at radius 1 is 1.03 bits per heavy atom. The minimum Gasteiger partial charge on any atom is -0.370 e. The number of carbonyl (C=O) groups is 2. The van der Waals surface area contributed by atoms with Crippen LogP contribution >= 0.6 is 11.8 Å². The van der Waals surface area contributed by atoms with Crippen LogP contribution < -0.4 is 16.4 Å². The average Bonchev–Trinajstić information content (AvgIpc) is 3.21. The molecule has 0 aliphatic rings. The Balaban J connectivity index is 1.58. The third-order valence-corrected chi connectivity index (χ3v) is 5.27. The summed E-state index contributed by atoms with van der Waals surface area (Å²) in [6.45, 7) is 1.05. The Morgan fingerprint density at radius 2 is 1.79 bits per heavy atom. The van der Waals surface area contributed by atoms with Gasteiger partial charge in [0, 0.05) is 36.0 Å². The molecule has 3 rings (SSSR count). The van der Waals surface area contributed by atoms with Gasteiger partial charge in [0.1, 0.15) is 0 Å². The molecule has 0 saturated carbocycles. The Morgan fingerprint density at radius 3 is 2.55 bits per heavy atom. The highest BCUT2D eigenvalue weighted by atomic mass is 32.2. The molecule has 150 valence electrons. The number of rotatable bonds is 9. The van der Waals surface area contributed by atoms with Crippen LogP contribution in [0.5, 0.6) is 0 Å². The summed E-state index contributed by atoms with van der Waals surface area (Å²) in [5.41, 5.74) is 8.01. The maximum absolute atomic E-state index is 12.4. The van der Waals surface area contributed by atoms with E-state index >= 15 is 0 Å². The van der Waals surface area contributed by atoms with Crippen molar-refractivity contribution < 1.29 is 9.59 Å². The van der Waals surface area contributed by atoms with Gasteiger partial charge in [-0.2, -0.15) is 5.10 Å². The lowest BCUT2D eigenvalue weighted by Crippen LogP contribution is -2.29. The molecule has 0 aliphatic heterocycles. The number of aromatic nitrogens is 2. The summed E-state index contributed by atoms with van der Waals surface area (Å²) in [4.78, 5) is 24.2. The molecule has 29 heavy (non-hydrogen) atoms. The Hall–Kier alpha value is -3.26. The molecule has 0 fully saturated rings. The Bertz CT molecular complexity index is 959. The molecule has 7 nitrogen and oxygen atoms in total. The van der Waals surface area contributed by atoms with Crippen molar-refractivity contribution in [1.29, 1.82) is 0 Å². The van der Waals surface area contributed by atoms with E-state index in [-0.39, 0.29) is 18.4 Å². The second-order valence-corrected chi connectivity index (χ2v) is 7.48. The summed E-state index contributed by atoms with van der Waals surface area (Å²) in [5, 5.41) is 10.0. The van der Waals surface area contributed by atoms with Crippen LogP contribution in [-0.2, 0) is 17.9 Å². The fourth-order valence-corrected chi connectivity index (χ4v) is 3.72. The van der Waals surface area contributed by atoms with Crippen molar-refractivity contribution in [2.24, 2.45) is 5.73 Å². The van der Waals surface area contributed by atoms with Gasteiger partial charge in [-0.1, -0.05) is 36.4 Å². The van der Waals surface area contributed by atoms with Gasteiger partial charge >= 0.3 is 6.03 Å². The molecule has 4 N–H and O–H groups in total. The van der Waals surface area contributed by atoms with Crippen molar-refractivity contribution in [2.75, 3.05) is 11.1 Å². The number of urea groups is 1. The number of carbonyl (C=O) groups excluding carboxylic acids is 2. The van der Waals surface area contributed by atoms with E-state index in [1.165, 1.54) is 11.8 Å². The van der Waals surface area contributed by atoms with Crippen LogP contribution in [0.25, 0.3) is 0 Å². The maximum atomic E-state index is 12.4. The van der Waals surface area contributed by atoms with E-state index in [1.807, 2.05) is 65.5 Å². The fourth-order valence-electron chi connectivity index (χ4n) is 2.75. The summed E-state index contributed by atoms with van der Waals surface area (Å²) in [6, 6.07) is 17.0. The van der Waals surface area contributed by atoms with Crippen LogP contribution in [-0.4, -0.2) is 27.5 Å². The summed E-state index contributed by atoms with van der Waals surface area (Å²) in [5.74, 6) is 0.227. The molecular weight excluding hydrogens is 386 g/mol. The predicted molar refractivity (Wildman–Crippen MR) is 115 cm³/mol. The van der Waals surface area contributed by atoms with Crippen LogP contribution in [0.4, 0.5) is 10.5 Å². The Labute approximate surface area is 173 Å². The number of primary amides is 1. The molecule has 0 saturated heterocycles. The number of thioether (sulfide) groups is 1. The molecule has 3 amide bonds. The minimum absolute atomic E-state index is 0.290. The van der Waals surface area contributed by atoms with E-state index < -0.39 is 0 Å². The molecule has 0 atom stereocenters. The third kappa shape index (κ3) is 6.39. The van der Waals surface area contributed by atoms with E-state index in [4.69, 9.17) is 5.73 Å². The van der Waals surface area contributed by atoms with E-state index in [0.29, 0.717) is 24.5 Å². The van der Waals surface area contributed by atoms with Gasteiger partial charge < -0.3 is 16.4 Å². The average molecular weight is 410 g/mol. The van der Waals surface area contributed by atoms with Crippen LogP contribution in [0.2, 0.25) is 0 Å². The standard InChI is InChI=1S/C21H23N5O2S/c22-20(27)10-13-29-19-9-4-3-8-18(19)25-21(28)23-14-16-6-1-2-7-17(16)15-26-12-5-11-24-26/h1-9,11-12H,10,13-15H2,(H2,22,27)(H2,23,25,28). The zero-order valence-electron chi connectivity index (χ0n) is 15.9. The lowest BCUT2D eigenvalue weighted by Gasteiger charge is -2.13. The highest BCUT2D eigenvalue weighted by Crippen LogP contribution is 2.27. The molecule has 0 unspecified atom stereocenters. The number of nitrogens with zero attached hydrogens (tertiary/aromatic N) is 2. The van der Waals surface area contributed by atoms with Crippen molar-refractivity contribution in [2.45, 2.75) is 24.4 Å². The lowest BCUT2D eigenvalue weighted by atomic mass is 10.1. The van der Waals surface area contributed by atoms with Crippen LogP contribution in [0.1, 0.15) is 17.5 Å².